The summed E-state index contributed by atoms with van der Waals surface area (Å²) in [5, 5.41) is 4.20. The number of nitrogen functional groups attached to an aromatic ring is 1. The molecule has 2 rings (SSSR count). The Bertz CT molecular complexity index is 525. The van der Waals surface area contributed by atoms with Gasteiger partial charge in [-0.2, -0.15) is 0 Å². The molecule has 0 aliphatic rings. The van der Waals surface area contributed by atoms with Crippen molar-refractivity contribution in [1.29, 1.82) is 0 Å². The molecule has 0 radical (unpaired) electrons. The second kappa shape index (κ2) is 6.55. The van der Waals surface area contributed by atoms with E-state index in [0.717, 1.165) is 23.6 Å². The number of anilines is 1. The predicted octanol–water partition coefficient (Wildman–Crippen LogP) is 3.21. The molecule has 0 fully saturated rings. The first-order chi connectivity index (χ1) is 9.20. The van der Waals surface area contributed by atoms with E-state index in [1.807, 2.05) is 36.4 Å². The number of hydrogen-bond donors (Lipinski definition) is 2. The average Bonchev–Trinajstić information content (AvgIpc) is 2.41. The van der Waals surface area contributed by atoms with E-state index in [1.165, 1.54) is 5.56 Å². The number of halogens is 1. The summed E-state index contributed by atoms with van der Waals surface area (Å²) in [4.78, 5) is 4.15. The Kier molecular flexibility index (Phi) is 4.77. The first-order valence-electron chi connectivity index (χ1n) is 6.39. The maximum absolute atomic E-state index is 5.96. The molecule has 3 nitrogen and oxygen atoms in total. The van der Waals surface area contributed by atoms with Crippen LogP contribution in [-0.4, -0.2) is 11.5 Å². The predicted molar refractivity (Wildman–Crippen MR) is 80.2 cm³/mol. The summed E-state index contributed by atoms with van der Waals surface area (Å²) in [5.41, 5.74) is 8.22. The van der Waals surface area contributed by atoms with E-state index in [-0.39, 0.29) is 6.04 Å². The third-order valence-corrected chi connectivity index (χ3v) is 3.30. The van der Waals surface area contributed by atoms with Gasteiger partial charge in [0.15, 0.2) is 0 Å². The first-order valence-corrected chi connectivity index (χ1v) is 6.76. The largest absolute Gasteiger partial charge is 0.383 e. The second-order valence-electron chi connectivity index (χ2n) is 4.42. The number of nitrogens with zero attached hydrogens (tertiary/aromatic N) is 1. The summed E-state index contributed by atoms with van der Waals surface area (Å²) < 4.78 is 0. The lowest BCUT2D eigenvalue weighted by Crippen LogP contribution is -2.24. The van der Waals surface area contributed by atoms with Crippen molar-refractivity contribution in [2.45, 2.75) is 19.4 Å². The number of nitrogens with two attached hydrogens (primary N) is 1. The van der Waals surface area contributed by atoms with Crippen LogP contribution in [0, 0.1) is 0 Å². The van der Waals surface area contributed by atoms with Crippen LogP contribution in [0.25, 0.3) is 0 Å². The zero-order valence-electron chi connectivity index (χ0n) is 10.9. The van der Waals surface area contributed by atoms with Gasteiger partial charge >= 0.3 is 0 Å². The minimum absolute atomic E-state index is 0.167. The van der Waals surface area contributed by atoms with Gasteiger partial charge in [-0.3, -0.25) is 0 Å². The number of hydrogen-bond acceptors (Lipinski definition) is 3. The molecule has 1 aromatic heterocycles. The van der Waals surface area contributed by atoms with Crippen molar-refractivity contribution in [3.63, 3.8) is 0 Å². The van der Waals surface area contributed by atoms with E-state index < -0.39 is 0 Å². The molecule has 1 atom stereocenters. The molecule has 1 heterocycles. The molecular weight excluding hydrogens is 258 g/mol. The number of pyridine rings is 1. The van der Waals surface area contributed by atoms with Gasteiger partial charge < -0.3 is 11.1 Å². The van der Waals surface area contributed by atoms with Gasteiger partial charge in [0.2, 0.25) is 0 Å². The molecule has 4 heteroatoms. The Balaban J connectivity index is 2.21. The summed E-state index contributed by atoms with van der Waals surface area (Å²) in [7, 11) is 0. The standard InChI is InChI=1S/C15H18ClN3/c1-2-18-14(13-4-3-9-19-15(13)17)10-11-5-7-12(16)8-6-11/h3-9,14,18H,2,10H2,1H3,(H2,17,19). The average molecular weight is 276 g/mol. The summed E-state index contributed by atoms with van der Waals surface area (Å²) in [5.74, 6) is 0.586. The van der Waals surface area contributed by atoms with Crippen LogP contribution >= 0.6 is 11.6 Å². The molecule has 2 aromatic rings. The third kappa shape index (κ3) is 3.69. The molecule has 1 unspecified atom stereocenters. The minimum atomic E-state index is 0.167. The summed E-state index contributed by atoms with van der Waals surface area (Å²) in [6.07, 6.45) is 2.57. The van der Waals surface area contributed by atoms with Crippen molar-refractivity contribution in [3.8, 4) is 0 Å². The van der Waals surface area contributed by atoms with Crippen molar-refractivity contribution in [3.05, 3.63) is 58.7 Å². The van der Waals surface area contributed by atoms with Gasteiger partial charge in [-0.05, 0) is 36.7 Å². The Morgan fingerprint density at radius 2 is 2.00 bits per heavy atom. The highest BCUT2D eigenvalue weighted by Crippen LogP contribution is 2.22. The van der Waals surface area contributed by atoms with Gasteiger partial charge in [-0.15, -0.1) is 0 Å². The van der Waals surface area contributed by atoms with E-state index in [9.17, 15) is 0 Å². The topological polar surface area (TPSA) is 50.9 Å². The molecule has 0 aliphatic carbocycles. The second-order valence-corrected chi connectivity index (χ2v) is 4.86. The molecule has 0 aliphatic heterocycles. The number of rotatable bonds is 5. The van der Waals surface area contributed by atoms with Gasteiger partial charge in [0.05, 0.1) is 0 Å². The smallest absolute Gasteiger partial charge is 0.128 e. The third-order valence-electron chi connectivity index (χ3n) is 3.05. The molecule has 0 saturated carbocycles. The van der Waals surface area contributed by atoms with Crippen LogP contribution in [0.1, 0.15) is 24.1 Å². The highest BCUT2D eigenvalue weighted by Gasteiger charge is 2.14. The van der Waals surface area contributed by atoms with Crippen LogP contribution < -0.4 is 11.1 Å². The van der Waals surface area contributed by atoms with Gasteiger partial charge in [0.25, 0.3) is 0 Å². The lowest BCUT2D eigenvalue weighted by molar-refractivity contribution is 0.550. The quantitative estimate of drug-likeness (QED) is 0.881. The van der Waals surface area contributed by atoms with Gasteiger partial charge in [-0.1, -0.05) is 36.7 Å². The monoisotopic (exact) mass is 275 g/mol. The highest BCUT2D eigenvalue weighted by atomic mass is 35.5. The van der Waals surface area contributed by atoms with E-state index in [4.69, 9.17) is 17.3 Å². The van der Waals surface area contributed by atoms with Crippen molar-refractivity contribution in [2.75, 3.05) is 12.3 Å². The van der Waals surface area contributed by atoms with Gasteiger partial charge in [0.1, 0.15) is 5.82 Å². The maximum Gasteiger partial charge on any atom is 0.128 e. The van der Waals surface area contributed by atoms with Crippen molar-refractivity contribution in [2.24, 2.45) is 0 Å². The number of likely N-dealkylation sites (N-methyl/N-ethyl adjacent to an activating group) is 1. The molecule has 19 heavy (non-hydrogen) atoms. The summed E-state index contributed by atoms with van der Waals surface area (Å²) in [6.45, 7) is 2.97. The first kappa shape index (κ1) is 13.8. The van der Waals surface area contributed by atoms with Crippen LogP contribution in [-0.2, 0) is 6.42 Å². The molecule has 3 N–H and O–H groups in total. The normalized spacial score (nSPS) is 12.3. The lowest BCUT2D eigenvalue weighted by atomic mass is 9.99. The number of aromatic nitrogens is 1. The van der Waals surface area contributed by atoms with Crippen LogP contribution in [0.15, 0.2) is 42.6 Å². The van der Waals surface area contributed by atoms with Crippen molar-refractivity contribution in [1.82, 2.24) is 10.3 Å². The highest BCUT2D eigenvalue weighted by molar-refractivity contribution is 6.30. The molecule has 0 amide bonds. The Morgan fingerprint density at radius 1 is 1.26 bits per heavy atom. The van der Waals surface area contributed by atoms with E-state index in [1.54, 1.807) is 6.20 Å². The number of nitrogens with one attached hydrogen (secondary N) is 1. The molecule has 0 bridgehead atoms. The molecule has 0 spiro atoms. The fourth-order valence-electron chi connectivity index (χ4n) is 2.12. The fraction of sp³-hybridized carbons (Fsp3) is 0.267. The van der Waals surface area contributed by atoms with Gasteiger partial charge in [0, 0.05) is 22.8 Å². The Hall–Kier alpha value is -1.58. The zero-order chi connectivity index (χ0) is 13.7. The van der Waals surface area contributed by atoms with Crippen molar-refractivity contribution < 1.29 is 0 Å². The zero-order valence-corrected chi connectivity index (χ0v) is 11.7. The van der Waals surface area contributed by atoms with E-state index >= 15 is 0 Å². The number of benzene rings is 1. The molecule has 1 aromatic carbocycles. The maximum atomic E-state index is 5.96. The van der Waals surface area contributed by atoms with Crippen LogP contribution in [0.4, 0.5) is 5.82 Å². The summed E-state index contributed by atoms with van der Waals surface area (Å²) in [6, 6.07) is 12.0. The lowest BCUT2D eigenvalue weighted by Gasteiger charge is -2.19. The fourth-order valence-corrected chi connectivity index (χ4v) is 2.25. The molecule has 0 saturated heterocycles. The minimum Gasteiger partial charge on any atom is -0.383 e. The molecular formula is C15H18ClN3. The summed E-state index contributed by atoms with van der Waals surface area (Å²) >= 11 is 5.91. The van der Waals surface area contributed by atoms with Gasteiger partial charge in [-0.25, -0.2) is 4.98 Å². The molecule has 100 valence electrons. The van der Waals surface area contributed by atoms with E-state index in [2.05, 4.69) is 17.2 Å². The Morgan fingerprint density at radius 3 is 2.63 bits per heavy atom. The van der Waals surface area contributed by atoms with Crippen LogP contribution in [0.3, 0.4) is 0 Å². The SMILES string of the molecule is CCNC(Cc1ccc(Cl)cc1)c1cccnc1N. The van der Waals surface area contributed by atoms with Crippen LogP contribution in [0.5, 0.6) is 0 Å². The van der Waals surface area contributed by atoms with Crippen molar-refractivity contribution >= 4 is 17.4 Å². The Labute approximate surface area is 118 Å². The van der Waals surface area contributed by atoms with Crippen LogP contribution in [0.2, 0.25) is 5.02 Å². The van der Waals surface area contributed by atoms with E-state index in [0.29, 0.717) is 5.82 Å².